The number of carbonyl (C=O) groups excluding carboxylic acids is 2. The summed E-state index contributed by atoms with van der Waals surface area (Å²) in [5.74, 6) is -0.243. The van der Waals surface area contributed by atoms with Crippen molar-refractivity contribution in [1.82, 2.24) is 9.62 Å². The van der Waals surface area contributed by atoms with E-state index in [-0.39, 0.29) is 27.9 Å². The summed E-state index contributed by atoms with van der Waals surface area (Å²) >= 11 is 1.43. The first-order chi connectivity index (χ1) is 15.3. The lowest BCUT2D eigenvalue weighted by atomic mass is 9.96. The molecule has 2 N–H and O–H groups in total. The van der Waals surface area contributed by atoms with Gasteiger partial charge in [0.15, 0.2) is 0 Å². The summed E-state index contributed by atoms with van der Waals surface area (Å²) < 4.78 is 27.7. The molecule has 0 saturated carbocycles. The Morgan fingerprint density at radius 3 is 2.75 bits per heavy atom. The number of fused-ring (bicyclic) bond motifs is 1. The summed E-state index contributed by atoms with van der Waals surface area (Å²) in [7, 11) is -3.67. The van der Waals surface area contributed by atoms with E-state index in [2.05, 4.69) is 16.7 Å². The minimum Gasteiger partial charge on any atom is -0.356 e. The van der Waals surface area contributed by atoms with E-state index in [1.807, 2.05) is 6.92 Å². The number of nitrogens with zero attached hydrogens (tertiary/aromatic N) is 1. The smallest absolute Gasteiger partial charge is 0.243 e. The molecule has 3 aliphatic rings. The molecule has 4 rings (SSSR count). The fourth-order valence-corrected chi connectivity index (χ4v) is 6.90. The van der Waals surface area contributed by atoms with Gasteiger partial charge in [-0.3, -0.25) is 9.59 Å². The van der Waals surface area contributed by atoms with Crippen molar-refractivity contribution < 1.29 is 18.0 Å². The van der Waals surface area contributed by atoms with Crippen LogP contribution in [-0.4, -0.2) is 49.4 Å². The van der Waals surface area contributed by atoms with E-state index in [4.69, 9.17) is 0 Å². The van der Waals surface area contributed by atoms with Gasteiger partial charge in [-0.2, -0.15) is 4.31 Å². The molecule has 7 nitrogen and oxygen atoms in total. The van der Waals surface area contributed by atoms with E-state index in [1.165, 1.54) is 34.5 Å². The summed E-state index contributed by atoms with van der Waals surface area (Å²) in [4.78, 5) is 25.5. The molecule has 1 saturated heterocycles. The van der Waals surface area contributed by atoms with Crippen LogP contribution in [0.2, 0.25) is 0 Å². The summed E-state index contributed by atoms with van der Waals surface area (Å²) in [6, 6.07) is 4.90. The predicted molar refractivity (Wildman–Crippen MR) is 126 cm³/mol. The van der Waals surface area contributed by atoms with Crippen LogP contribution in [0.5, 0.6) is 0 Å². The molecule has 174 valence electrons. The zero-order valence-corrected chi connectivity index (χ0v) is 20.1. The Bertz CT molecular complexity index is 1010. The molecule has 0 bridgehead atoms. The fraction of sp³-hybridized carbons (Fsp3) is 0.565. The quantitative estimate of drug-likeness (QED) is 0.611. The number of hydrogen-bond acceptors (Lipinski definition) is 5. The Morgan fingerprint density at radius 1 is 1.25 bits per heavy atom. The number of sulfonamides is 1. The lowest BCUT2D eigenvalue weighted by molar-refractivity contribution is -0.126. The van der Waals surface area contributed by atoms with Gasteiger partial charge in [0.2, 0.25) is 21.8 Å². The van der Waals surface area contributed by atoms with Gasteiger partial charge < -0.3 is 10.6 Å². The first-order valence-corrected chi connectivity index (χ1v) is 13.7. The van der Waals surface area contributed by atoms with Crippen LogP contribution in [0, 0.1) is 5.92 Å². The molecule has 2 aliphatic heterocycles. The number of allylic oxidation sites excluding steroid dienone is 1. The van der Waals surface area contributed by atoms with Crippen molar-refractivity contribution in [2.75, 3.05) is 25.0 Å². The van der Waals surface area contributed by atoms with Crippen molar-refractivity contribution in [1.29, 1.82) is 0 Å². The third kappa shape index (κ3) is 5.21. The molecule has 32 heavy (non-hydrogen) atoms. The highest BCUT2D eigenvalue weighted by atomic mass is 32.2. The van der Waals surface area contributed by atoms with E-state index in [0.717, 1.165) is 24.2 Å². The largest absolute Gasteiger partial charge is 0.356 e. The SMILES string of the molecule is C[C@@H]1Sc2ccc(S(=O)(=O)N3CCC(C(=O)NCCC4=CCCCC4)CC3)cc2NC1=O. The van der Waals surface area contributed by atoms with Crippen LogP contribution in [0.15, 0.2) is 39.6 Å². The molecule has 9 heteroatoms. The summed E-state index contributed by atoms with van der Waals surface area (Å²) in [6.45, 7) is 3.11. The molecular formula is C23H31N3O4S2. The first-order valence-electron chi connectivity index (χ1n) is 11.4. The molecule has 0 aromatic heterocycles. The van der Waals surface area contributed by atoms with Gasteiger partial charge in [0, 0.05) is 30.4 Å². The number of rotatable bonds is 6. The number of benzene rings is 1. The summed E-state index contributed by atoms with van der Waals surface area (Å²) in [5, 5.41) is 5.63. The number of nitrogens with one attached hydrogen (secondary N) is 2. The Labute approximate surface area is 194 Å². The normalized spacial score (nSPS) is 22.6. The van der Waals surface area contributed by atoms with Gasteiger partial charge >= 0.3 is 0 Å². The highest BCUT2D eigenvalue weighted by Crippen LogP contribution is 2.37. The Kier molecular flexibility index (Phi) is 7.27. The number of anilines is 1. The lowest BCUT2D eigenvalue weighted by Crippen LogP contribution is -2.43. The first kappa shape index (κ1) is 23.3. The highest BCUT2D eigenvalue weighted by molar-refractivity contribution is 8.01. The minimum atomic E-state index is -3.67. The van der Waals surface area contributed by atoms with Gasteiger partial charge in [0.25, 0.3) is 0 Å². The molecular weight excluding hydrogens is 446 g/mol. The zero-order valence-electron chi connectivity index (χ0n) is 18.4. The molecule has 1 fully saturated rings. The van der Waals surface area contributed by atoms with Gasteiger partial charge in [-0.1, -0.05) is 11.6 Å². The number of piperidine rings is 1. The third-order valence-electron chi connectivity index (χ3n) is 6.47. The molecule has 0 radical (unpaired) electrons. The van der Waals surface area contributed by atoms with Crippen molar-refractivity contribution in [3.63, 3.8) is 0 Å². The Balaban J connectivity index is 1.31. The standard InChI is InChI=1S/C23H31N3O4S2/c1-16-22(27)25-20-15-19(7-8-21(20)31-16)32(29,30)26-13-10-18(11-14-26)23(28)24-12-9-17-5-3-2-4-6-17/h5,7-8,15-16,18H,2-4,6,9-14H2,1H3,(H,24,28)(H,25,27)/t16-/m0/s1. The lowest BCUT2D eigenvalue weighted by Gasteiger charge is -2.31. The van der Waals surface area contributed by atoms with E-state index in [0.29, 0.717) is 38.2 Å². The topological polar surface area (TPSA) is 95.6 Å². The maximum atomic E-state index is 13.1. The van der Waals surface area contributed by atoms with Crippen LogP contribution >= 0.6 is 11.8 Å². The molecule has 0 spiro atoms. The second-order valence-corrected chi connectivity index (χ2v) is 12.1. The number of hydrogen-bond donors (Lipinski definition) is 2. The predicted octanol–water partition coefficient (Wildman–Crippen LogP) is 3.53. The van der Waals surface area contributed by atoms with E-state index >= 15 is 0 Å². The molecule has 1 aliphatic carbocycles. The molecule has 2 heterocycles. The van der Waals surface area contributed by atoms with E-state index in [9.17, 15) is 18.0 Å². The Hall–Kier alpha value is -1.84. The maximum Gasteiger partial charge on any atom is 0.243 e. The maximum absolute atomic E-state index is 13.1. The van der Waals surface area contributed by atoms with Crippen LogP contribution in [0.3, 0.4) is 0 Å². The van der Waals surface area contributed by atoms with Crippen LogP contribution in [0.4, 0.5) is 5.69 Å². The zero-order chi connectivity index (χ0) is 22.7. The van der Waals surface area contributed by atoms with Gasteiger partial charge in [-0.05, 0) is 70.1 Å². The van der Waals surface area contributed by atoms with Crippen molar-refractivity contribution in [3.05, 3.63) is 29.8 Å². The van der Waals surface area contributed by atoms with Gasteiger partial charge in [-0.15, -0.1) is 11.8 Å². The second-order valence-electron chi connectivity index (χ2n) is 8.73. The Morgan fingerprint density at radius 2 is 2.03 bits per heavy atom. The monoisotopic (exact) mass is 477 g/mol. The number of thioether (sulfide) groups is 1. The van der Waals surface area contributed by atoms with E-state index in [1.54, 1.807) is 18.2 Å². The van der Waals surface area contributed by atoms with Crippen molar-refractivity contribution in [2.24, 2.45) is 5.92 Å². The summed E-state index contributed by atoms with van der Waals surface area (Å²) in [5.41, 5.74) is 1.98. The van der Waals surface area contributed by atoms with Gasteiger partial charge in [0.05, 0.1) is 15.8 Å². The van der Waals surface area contributed by atoms with Crippen LogP contribution < -0.4 is 10.6 Å². The van der Waals surface area contributed by atoms with Gasteiger partial charge in [0.1, 0.15) is 0 Å². The molecule has 1 atom stereocenters. The van der Waals surface area contributed by atoms with E-state index < -0.39 is 10.0 Å². The average molecular weight is 478 g/mol. The second kappa shape index (κ2) is 9.97. The average Bonchev–Trinajstić information content (AvgIpc) is 2.80. The third-order valence-corrected chi connectivity index (χ3v) is 9.55. The molecule has 0 unspecified atom stereocenters. The van der Waals surface area contributed by atoms with Crippen molar-refractivity contribution >= 4 is 39.3 Å². The van der Waals surface area contributed by atoms with Crippen LogP contribution in [0.1, 0.15) is 51.9 Å². The molecule has 1 aromatic carbocycles. The summed E-state index contributed by atoms with van der Waals surface area (Å²) in [6.07, 6.45) is 9.01. The minimum absolute atomic E-state index is 0.0288. The number of carbonyl (C=O) groups is 2. The van der Waals surface area contributed by atoms with Gasteiger partial charge in [-0.25, -0.2) is 8.42 Å². The highest BCUT2D eigenvalue weighted by Gasteiger charge is 2.33. The molecule has 1 aromatic rings. The molecule has 2 amide bonds. The van der Waals surface area contributed by atoms with Crippen LogP contribution in [-0.2, 0) is 19.6 Å². The van der Waals surface area contributed by atoms with Crippen molar-refractivity contribution in [3.8, 4) is 0 Å². The van der Waals surface area contributed by atoms with Crippen molar-refractivity contribution in [2.45, 2.75) is 66.9 Å². The fourth-order valence-electron chi connectivity index (χ4n) is 4.48. The number of amides is 2. The van der Waals surface area contributed by atoms with Crippen LogP contribution in [0.25, 0.3) is 0 Å².